The third-order valence-electron chi connectivity index (χ3n) is 7.29. The van der Waals surface area contributed by atoms with E-state index in [1.54, 1.807) is 24.3 Å². The Morgan fingerprint density at radius 3 is 2.20 bits per heavy atom. The molecular formula is C29H39N9O8. The van der Waals surface area contributed by atoms with Gasteiger partial charge in [-0.15, -0.1) is 0 Å². The summed E-state index contributed by atoms with van der Waals surface area (Å²) in [6.45, 7) is 0.562. The molecule has 46 heavy (non-hydrogen) atoms. The van der Waals surface area contributed by atoms with Crippen LogP contribution in [0.3, 0.4) is 0 Å². The maximum Gasteiger partial charge on any atom is 0.246 e. The van der Waals surface area contributed by atoms with E-state index in [1.807, 2.05) is 6.07 Å². The predicted molar refractivity (Wildman–Crippen MR) is 161 cm³/mol. The fourth-order valence-electron chi connectivity index (χ4n) is 5.05. The molecule has 17 nitrogen and oxygen atoms in total. The van der Waals surface area contributed by atoms with Crippen LogP contribution in [0.1, 0.15) is 37.4 Å². The van der Waals surface area contributed by atoms with Crippen LogP contribution in [-0.2, 0) is 46.4 Å². The van der Waals surface area contributed by atoms with E-state index in [4.69, 9.17) is 11.5 Å². The first-order valence-corrected chi connectivity index (χ1v) is 14.6. The average Bonchev–Trinajstić information content (AvgIpc) is 3.71. The molecule has 1 aromatic heterocycles. The number of benzene rings is 1. The molecule has 0 bridgehead atoms. The van der Waals surface area contributed by atoms with Crippen LogP contribution in [0.25, 0.3) is 0 Å². The Labute approximate surface area is 264 Å². The highest BCUT2D eigenvalue weighted by Gasteiger charge is 2.40. The summed E-state index contributed by atoms with van der Waals surface area (Å²) in [6.07, 6.45) is 3.10. The maximum atomic E-state index is 13.9. The number of aliphatic hydroxyl groups excluding tert-OH is 1. The highest BCUT2D eigenvalue weighted by Crippen LogP contribution is 2.20. The number of primary amides is 2. The number of aromatic amines is 1. The highest BCUT2D eigenvalue weighted by atomic mass is 16.3. The van der Waals surface area contributed by atoms with E-state index in [-0.39, 0.29) is 25.8 Å². The van der Waals surface area contributed by atoms with Crippen LogP contribution < -0.4 is 32.7 Å². The molecule has 5 atom stereocenters. The lowest BCUT2D eigenvalue weighted by Gasteiger charge is -2.30. The molecule has 2 aromatic rings. The zero-order chi connectivity index (χ0) is 33.8. The minimum atomic E-state index is -1.54. The Hall–Kier alpha value is -5.32. The van der Waals surface area contributed by atoms with Crippen LogP contribution in [0.2, 0.25) is 0 Å². The first kappa shape index (κ1) is 35.2. The lowest BCUT2D eigenvalue weighted by molar-refractivity contribution is -0.142. The second-order valence-corrected chi connectivity index (χ2v) is 10.9. The minimum absolute atomic E-state index is 0.0103. The Balaban J connectivity index is 1.77. The van der Waals surface area contributed by atoms with Crippen molar-refractivity contribution in [3.05, 3.63) is 54.1 Å². The van der Waals surface area contributed by atoms with E-state index in [2.05, 4.69) is 31.2 Å². The van der Waals surface area contributed by atoms with Gasteiger partial charge in [-0.05, 0) is 18.4 Å². The number of H-pyrrole nitrogens is 1. The molecule has 0 spiro atoms. The van der Waals surface area contributed by atoms with Gasteiger partial charge in [-0.2, -0.15) is 0 Å². The van der Waals surface area contributed by atoms with Crippen molar-refractivity contribution < 1.29 is 38.7 Å². The summed E-state index contributed by atoms with van der Waals surface area (Å²) in [5.41, 5.74) is 11.6. The van der Waals surface area contributed by atoms with Crippen molar-refractivity contribution >= 4 is 41.4 Å². The Morgan fingerprint density at radius 1 is 0.935 bits per heavy atom. The van der Waals surface area contributed by atoms with Gasteiger partial charge in [0.15, 0.2) is 0 Å². The Morgan fingerprint density at radius 2 is 1.61 bits per heavy atom. The number of aliphatic hydroxyl groups is 1. The van der Waals surface area contributed by atoms with E-state index in [0.29, 0.717) is 12.1 Å². The number of hydrogen-bond donors (Lipinski definition) is 8. The smallest absolute Gasteiger partial charge is 0.246 e. The van der Waals surface area contributed by atoms with Crippen molar-refractivity contribution in [2.75, 3.05) is 13.2 Å². The molecule has 7 amide bonds. The molecule has 1 aromatic carbocycles. The zero-order valence-electron chi connectivity index (χ0n) is 25.2. The zero-order valence-corrected chi connectivity index (χ0v) is 25.2. The van der Waals surface area contributed by atoms with Crippen molar-refractivity contribution in [1.29, 1.82) is 0 Å². The third kappa shape index (κ3) is 10.1. The molecule has 3 rings (SSSR count). The van der Waals surface area contributed by atoms with Gasteiger partial charge in [0.2, 0.25) is 41.4 Å². The van der Waals surface area contributed by atoms with Gasteiger partial charge in [0, 0.05) is 38.2 Å². The molecule has 1 aliphatic heterocycles. The number of nitrogens with two attached hydrogens (primary N) is 2. The van der Waals surface area contributed by atoms with Crippen LogP contribution in [-0.4, -0.2) is 105 Å². The highest BCUT2D eigenvalue weighted by molar-refractivity contribution is 5.97. The van der Waals surface area contributed by atoms with Crippen molar-refractivity contribution in [2.24, 2.45) is 11.5 Å². The van der Waals surface area contributed by atoms with Gasteiger partial charge < -0.3 is 47.7 Å². The summed E-state index contributed by atoms with van der Waals surface area (Å²) in [5, 5.41) is 19.7. The van der Waals surface area contributed by atoms with Crippen molar-refractivity contribution in [1.82, 2.24) is 36.1 Å². The summed E-state index contributed by atoms with van der Waals surface area (Å²) in [6, 6.07) is 2.76. The molecule has 1 aliphatic rings. The second kappa shape index (κ2) is 16.7. The first-order chi connectivity index (χ1) is 21.9. The van der Waals surface area contributed by atoms with Crippen LogP contribution in [0.5, 0.6) is 0 Å². The Bertz CT molecular complexity index is 1400. The number of nitrogens with zero attached hydrogens (tertiary/aromatic N) is 2. The lowest BCUT2D eigenvalue weighted by Crippen LogP contribution is -2.60. The van der Waals surface area contributed by atoms with E-state index in [0.717, 1.165) is 5.56 Å². The second-order valence-electron chi connectivity index (χ2n) is 10.9. The molecule has 1 fully saturated rings. The van der Waals surface area contributed by atoms with E-state index in [1.165, 1.54) is 24.3 Å². The number of carbonyl (C=O) groups is 7. The molecule has 1 saturated heterocycles. The molecule has 10 N–H and O–H groups in total. The molecular weight excluding hydrogens is 602 g/mol. The lowest BCUT2D eigenvalue weighted by atomic mass is 10.0. The largest absolute Gasteiger partial charge is 0.394 e. The van der Waals surface area contributed by atoms with Gasteiger partial charge in [0.1, 0.15) is 30.2 Å². The molecule has 0 unspecified atom stereocenters. The minimum Gasteiger partial charge on any atom is -0.394 e. The van der Waals surface area contributed by atoms with Crippen LogP contribution >= 0.6 is 0 Å². The number of rotatable bonds is 16. The number of hydrogen-bond acceptors (Lipinski definition) is 9. The number of nitrogens with one attached hydrogen (secondary N) is 5. The molecule has 2 heterocycles. The molecule has 0 aliphatic carbocycles. The number of carbonyl (C=O) groups excluding carboxylic acids is 7. The summed E-state index contributed by atoms with van der Waals surface area (Å²) in [5.74, 6) is -5.37. The van der Waals surface area contributed by atoms with E-state index in [9.17, 15) is 38.7 Å². The van der Waals surface area contributed by atoms with Gasteiger partial charge >= 0.3 is 0 Å². The summed E-state index contributed by atoms with van der Waals surface area (Å²) in [7, 11) is 0. The number of aromatic nitrogens is 2. The standard InChI is InChI=1S/C29H39N9O8/c1-16(40)34-20(10-17-6-3-2-4-7-17)26(43)36-21(11-18-13-32-15-33-18)29(46)38-9-5-8-23(38)28(45)37-22(14-39)27(44)35-19(25(31)42)12-24(30)41/h2-4,6-7,13,15,19-23,39H,5,8-12,14H2,1H3,(H2,30,41)(H2,31,42)(H,32,33)(H,34,40)(H,35,44)(H,36,43)(H,37,45)/t19-,20-,21-,22-,23-/m0/s1. The normalized spacial score (nSPS) is 16.7. The van der Waals surface area contributed by atoms with Crippen molar-refractivity contribution in [3.8, 4) is 0 Å². The fourth-order valence-corrected chi connectivity index (χ4v) is 5.05. The predicted octanol–water partition coefficient (Wildman–Crippen LogP) is -3.50. The third-order valence-corrected chi connectivity index (χ3v) is 7.29. The number of amides is 7. The summed E-state index contributed by atoms with van der Waals surface area (Å²) >= 11 is 0. The summed E-state index contributed by atoms with van der Waals surface area (Å²) in [4.78, 5) is 96.3. The first-order valence-electron chi connectivity index (χ1n) is 14.6. The van der Waals surface area contributed by atoms with E-state index < -0.39 is 84.6 Å². The number of likely N-dealkylation sites (tertiary alicyclic amines) is 1. The fraction of sp³-hybridized carbons (Fsp3) is 0.448. The van der Waals surface area contributed by atoms with Crippen LogP contribution in [0.4, 0.5) is 0 Å². The van der Waals surface area contributed by atoms with Crippen LogP contribution in [0, 0.1) is 0 Å². The number of imidazole rings is 1. The maximum absolute atomic E-state index is 13.9. The quantitative estimate of drug-likeness (QED) is 0.0902. The molecule has 248 valence electrons. The van der Waals surface area contributed by atoms with Crippen molar-refractivity contribution in [3.63, 3.8) is 0 Å². The summed E-state index contributed by atoms with van der Waals surface area (Å²) < 4.78 is 0. The topological polar surface area (TPSA) is 272 Å². The van der Waals surface area contributed by atoms with Gasteiger partial charge in [-0.1, -0.05) is 30.3 Å². The van der Waals surface area contributed by atoms with Crippen LogP contribution in [0.15, 0.2) is 42.9 Å². The van der Waals surface area contributed by atoms with Gasteiger partial charge in [-0.25, -0.2) is 4.98 Å². The average molecular weight is 642 g/mol. The van der Waals surface area contributed by atoms with Crippen molar-refractivity contribution in [2.45, 2.75) is 69.2 Å². The van der Waals surface area contributed by atoms with Gasteiger partial charge in [-0.3, -0.25) is 33.6 Å². The molecule has 17 heteroatoms. The van der Waals surface area contributed by atoms with Gasteiger partial charge in [0.05, 0.1) is 19.4 Å². The van der Waals surface area contributed by atoms with Gasteiger partial charge in [0.25, 0.3) is 0 Å². The van der Waals surface area contributed by atoms with E-state index >= 15 is 0 Å². The molecule has 0 saturated carbocycles. The SMILES string of the molecule is CC(=O)N[C@@H](Cc1ccccc1)C(=O)N[C@@H](Cc1cnc[nH]1)C(=O)N1CCC[C@H]1C(=O)N[C@@H](CO)C(=O)N[C@@H](CC(N)=O)C(N)=O. The monoisotopic (exact) mass is 641 g/mol. The Kier molecular flexibility index (Phi) is 12.7. The molecule has 0 radical (unpaired) electrons.